The monoisotopic (exact) mass is 295 g/mol. The Balaban J connectivity index is 1.66. The van der Waals surface area contributed by atoms with Crippen molar-refractivity contribution in [3.8, 4) is 5.75 Å². The summed E-state index contributed by atoms with van der Waals surface area (Å²) in [5, 5.41) is 4.26. The van der Waals surface area contributed by atoms with Crippen LogP contribution < -0.4 is 10.1 Å². The van der Waals surface area contributed by atoms with Crippen LogP contribution in [0.15, 0.2) is 18.2 Å². The van der Waals surface area contributed by atoms with Gasteiger partial charge >= 0.3 is 0 Å². The molecule has 1 atom stereocenters. The van der Waals surface area contributed by atoms with Crippen LogP contribution in [-0.2, 0) is 4.74 Å². The van der Waals surface area contributed by atoms with Crippen LogP contribution in [0.1, 0.15) is 38.5 Å². The first-order chi connectivity index (χ1) is 9.71. The molecule has 1 saturated heterocycles. The largest absolute Gasteiger partial charge is 0.495 e. The van der Waals surface area contributed by atoms with Crippen molar-refractivity contribution in [2.24, 2.45) is 0 Å². The third-order valence-corrected chi connectivity index (χ3v) is 4.83. The number of hydrogen-bond acceptors (Lipinski definition) is 3. The molecule has 1 aliphatic heterocycles. The highest BCUT2D eigenvalue weighted by molar-refractivity contribution is 6.32. The first-order valence-electron chi connectivity index (χ1n) is 7.45. The second-order valence-corrected chi connectivity index (χ2v) is 6.33. The van der Waals surface area contributed by atoms with Crippen molar-refractivity contribution < 1.29 is 9.47 Å². The summed E-state index contributed by atoms with van der Waals surface area (Å²) in [6.07, 6.45) is 7.22. The molecule has 1 aromatic rings. The van der Waals surface area contributed by atoms with Crippen molar-refractivity contribution in [1.29, 1.82) is 0 Å². The fourth-order valence-electron chi connectivity index (χ4n) is 3.51. The van der Waals surface area contributed by atoms with E-state index in [1.165, 1.54) is 25.7 Å². The topological polar surface area (TPSA) is 30.5 Å². The number of hydrogen-bond donors (Lipinski definition) is 1. The van der Waals surface area contributed by atoms with Gasteiger partial charge in [0.15, 0.2) is 0 Å². The number of anilines is 1. The lowest BCUT2D eigenvalue weighted by atomic mass is 9.89. The Hall–Kier alpha value is -0.930. The minimum absolute atomic E-state index is 0.145. The molecular formula is C16H22ClNO2. The maximum atomic E-state index is 6.18. The zero-order chi connectivity index (χ0) is 14.0. The molecule has 1 saturated carbocycles. The molecular weight excluding hydrogens is 274 g/mol. The van der Waals surface area contributed by atoms with Crippen LogP contribution in [0.2, 0.25) is 5.02 Å². The SMILES string of the molecule is COc1ccc(NC2CCOC3(CCCC3)C2)cc1Cl. The minimum Gasteiger partial charge on any atom is -0.495 e. The van der Waals surface area contributed by atoms with Crippen LogP contribution in [0.4, 0.5) is 5.69 Å². The standard InChI is InChI=1S/C16H22ClNO2/c1-19-15-5-4-12(10-14(15)17)18-13-6-9-20-16(11-13)7-2-3-8-16/h4-5,10,13,18H,2-3,6-9,11H2,1H3. The van der Waals surface area contributed by atoms with Gasteiger partial charge in [0.25, 0.3) is 0 Å². The molecule has 1 N–H and O–H groups in total. The summed E-state index contributed by atoms with van der Waals surface area (Å²) in [6, 6.07) is 6.36. The van der Waals surface area contributed by atoms with Crippen LogP contribution in [0.5, 0.6) is 5.75 Å². The first kappa shape index (κ1) is 14.0. The van der Waals surface area contributed by atoms with E-state index in [2.05, 4.69) is 5.32 Å². The summed E-state index contributed by atoms with van der Waals surface area (Å²) in [6.45, 7) is 0.863. The molecule has 0 bridgehead atoms. The zero-order valence-electron chi connectivity index (χ0n) is 12.0. The summed E-state index contributed by atoms with van der Waals surface area (Å²) in [5.74, 6) is 0.719. The number of benzene rings is 1. The molecule has 2 aliphatic rings. The smallest absolute Gasteiger partial charge is 0.137 e. The highest BCUT2D eigenvalue weighted by Gasteiger charge is 2.39. The molecule has 1 aliphatic carbocycles. The predicted molar refractivity (Wildman–Crippen MR) is 81.8 cm³/mol. The third kappa shape index (κ3) is 2.89. The van der Waals surface area contributed by atoms with Crippen molar-refractivity contribution in [2.75, 3.05) is 19.0 Å². The van der Waals surface area contributed by atoms with E-state index < -0.39 is 0 Å². The minimum atomic E-state index is 0.145. The van der Waals surface area contributed by atoms with Gasteiger partial charge in [0.05, 0.1) is 17.7 Å². The molecule has 110 valence electrons. The van der Waals surface area contributed by atoms with Gasteiger partial charge in [0.1, 0.15) is 5.75 Å². The van der Waals surface area contributed by atoms with E-state index in [-0.39, 0.29) is 5.60 Å². The summed E-state index contributed by atoms with van der Waals surface area (Å²) < 4.78 is 11.3. The van der Waals surface area contributed by atoms with Gasteiger partial charge in [-0.05, 0) is 43.9 Å². The van der Waals surface area contributed by atoms with E-state index in [4.69, 9.17) is 21.1 Å². The molecule has 4 heteroatoms. The molecule has 1 unspecified atom stereocenters. The van der Waals surface area contributed by atoms with E-state index in [1.807, 2.05) is 18.2 Å². The predicted octanol–water partition coefficient (Wildman–Crippen LogP) is 4.25. The Morgan fingerprint density at radius 1 is 1.35 bits per heavy atom. The quantitative estimate of drug-likeness (QED) is 0.904. The van der Waals surface area contributed by atoms with Crippen LogP contribution in [0.25, 0.3) is 0 Å². The summed E-state index contributed by atoms with van der Waals surface area (Å²) in [4.78, 5) is 0. The van der Waals surface area contributed by atoms with Crippen molar-refractivity contribution in [2.45, 2.75) is 50.2 Å². The lowest BCUT2D eigenvalue weighted by molar-refractivity contribution is -0.0767. The molecule has 1 aromatic carbocycles. The van der Waals surface area contributed by atoms with Crippen LogP contribution in [-0.4, -0.2) is 25.4 Å². The summed E-state index contributed by atoms with van der Waals surface area (Å²) in [5.41, 5.74) is 1.21. The van der Waals surface area contributed by atoms with E-state index in [9.17, 15) is 0 Å². The van der Waals surface area contributed by atoms with Crippen molar-refractivity contribution in [1.82, 2.24) is 0 Å². The van der Waals surface area contributed by atoms with Crippen LogP contribution in [0, 0.1) is 0 Å². The van der Waals surface area contributed by atoms with E-state index in [0.717, 1.165) is 30.9 Å². The number of halogens is 1. The van der Waals surface area contributed by atoms with Gasteiger partial charge in [-0.2, -0.15) is 0 Å². The molecule has 20 heavy (non-hydrogen) atoms. The molecule has 2 fully saturated rings. The first-order valence-corrected chi connectivity index (χ1v) is 7.83. The second kappa shape index (κ2) is 5.82. The van der Waals surface area contributed by atoms with Gasteiger partial charge in [0.2, 0.25) is 0 Å². The zero-order valence-corrected chi connectivity index (χ0v) is 12.7. The maximum Gasteiger partial charge on any atom is 0.137 e. The van der Waals surface area contributed by atoms with Gasteiger partial charge < -0.3 is 14.8 Å². The molecule has 3 rings (SSSR count). The van der Waals surface area contributed by atoms with E-state index >= 15 is 0 Å². The van der Waals surface area contributed by atoms with Crippen molar-refractivity contribution in [3.63, 3.8) is 0 Å². The lowest BCUT2D eigenvalue weighted by Gasteiger charge is -2.39. The third-order valence-electron chi connectivity index (χ3n) is 4.53. The van der Waals surface area contributed by atoms with Gasteiger partial charge in [0, 0.05) is 18.3 Å². The van der Waals surface area contributed by atoms with Gasteiger partial charge in [-0.15, -0.1) is 0 Å². The Kier molecular flexibility index (Phi) is 4.08. The maximum absolute atomic E-state index is 6.18. The van der Waals surface area contributed by atoms with E-state index in [0.29, 0.717) is 11.1 Å². The normalized spacial score (nSPS) is 24.8. The summed E-state index contributed by atoms with van der Waals surface area (Å²) >= 11 is 6.18. The molecule has 0 radical (unpaired) electrons. The lowest BCUT2D eigenvalue weighted by Crippen LogP contribution is -2.42. The van der Waals surface area contributed by atoms with E-state index in [1.54, 1.807) is 7.11 Å². The molecule has 1 heterocycles. The average molecular weight is 296 g/mol. The Morgan fingerprint density at radius 3 is 2.85 bits per heavy atom. The van der Waals surface area contributed by atoms with Crippen molar-refractivity contribution >= 4 is 17.3 Å². The molecule has 0 amide bonds. The van der Waals surface area contributed by atoms with Gasteiger partial charge in [-0.1, -0.05) is 24.4 Å². The fraction of sp³-hybridized carbons (Fsp3) is 0.625. The van der Waals surface area contributed by atoms with Crippen LogP contribution >= 0.6 is 11.6 Å². The van der Waals surface area contributed by atoms with Gasteiger partial charge in [-0.3, -0.25) is 0 Å². The molecule has 1 spiro atoms. The Labute approximate surface area is 125 Å². The van der Waals surface area contributed by atoms with Crippen LogP contribution in [0.3, 0.4) is 0 Å². The average Bonchev–Trinajstić information content (AvgIpc) is 2.87. The Morgan fingerprint density at radius 2 is 2.15 bits per heavy atom. The number of methoxy groups -OCH3 is 1. The molecule has 0 aromatic heterocycles. The molecule has 3 nitrogen and oxygen atoms in total. The van der Waals surface area contributed by atoms with Crippen molar-refractivity contribution in [3.05, 3.63) is 23.2 Å². The van der Waals surface area contributed by atoms with Gasteiger partial charge in [-0.25, -0.2) is 0 Å². The number of nitrogens with one attached hydrogen (secondary N) is 1. The number of rotatable bonds is 3. The highest BCUT2D eigenvalue weighted by Crippen LogP contribution is 2.40. The highest BCUT2D eigenvalue weighted by atomic mass is 35.5. The fourth-order valence-corrected chi connectivity index (χ4v) is 3.77. The second-order valence-electron chi connectivity index (χ2n) is 5.92. The Bertz CT molecular complexity index is 472. The summed E-state index contributed by atoms with van der Waals surface area (Å²) in [7, 11) is 1.64. The number of ether oxygens (including phenoxy) is 2.